The van der Waals surface area contributed by atoms with E-state index in [0.717, 1.165) is 23.2 Å². The van der Waals surface area contributed by atoms with Gasteiger partial charge in [-0.25, -0.2) is 0 Å². The minimum atomic E-state index is 0.0272. The van der Waals surface area contributed by atoms with E-state index in [1.54, 1.807) is 0 Å². The summed E-state index contributed by atoms with van der Waals surface area (Å²) in [5.74, 6) is 0.0716. The first-order chi connectivity index (χ1) is 11.1. The van der Waals surface area contributed by atoms with E-state index in [9.17, 15) is 9.59 Å². The maximum atomic E-state index is 12.0. The van der Waals surface area contributed by atoms with Crippen LogP contribution in [0.25, 0.3) is 0 Å². The van der Waals surface area contributed by atoms with Crippen LogP contribution in [0.3, 0.4) is 0 Å². The highest BCUT2D eigenvalue weighted by molar-refractivity contribution is 5.99. The molecule has 1 aliphatic heterocycles. The molecule has 4 nitrogen and oxygen atoms in total. The zero-order valence-electron chi connectivity index (χ0n) is 13.2. The minimum absolute atomic E-state index is 0.0272. The zero-order chi connectivity index (χ0) is 16.2. The monoisotopic (exact) mass is 308 g/mol. The number of nitrogens with one attached hydrogen (secondary N) is 2. The third-order valence-electron chi connectivity index (χ3n) is 4.17. The first-order valence-electron chi connectivity index (χ1n) is 7.84. The van der Waals surface area contributed by atoms with Crippen molar-refractivity contribution in [2.75, 3.05) is 5.32 Å². The smallest absolute Gasteiger partial charge is 0.228 e. The van der Waals surface area contributed by atoms with Crippen molar-refractivity contribution in [3.8, 4) is 0 Å². The second kappa shape index (κ2) is 6.65. The molecule has 4 heteroatoms. The molecule has 0 fully saturated rings. The van der Waals surface area contributed by atoms with Gasteiger partial charge in [-0.05, 0) is 41.7 Å². The predicted octanol–water partition coefficient (Wildman–Crippen LogP) is 2.74. The van der Waals surface area contributed by atoms with Crippen molar-refractivity contribution >= 4 is 17.5 Å². The Morgan fingerprint density at radius 1 is 1.22 bits per heavy atom. The molecule has 3 rings (SSSR count). The first-order valence-corrected chi connectivity index (χ1v) is 7.84. The molecular weight excluding hydrogens is 288 g/mol. The molecule has 2 aromatic rings. The molecule has 0 saturated heterocycles. The van der Waals surface area contributed by atoms with Gasteiger partial charge >= 0.3 is 0 Å². The van der Waals surface area contributed by atoms with Crippen molar-refractivity contribution < 1.29 is 9.59 Å². The van der Waals surface area contributed by atoms with Crippen molar-refractivity contribution in [2.24, 2.45) is 0 Å². The Kier molecular flexibility index (Phi) is 4.42. The standard InChI is InChI=1S/C19H20N2O2/c1-13-4-2-3-5-15(13)7-9-18(22)20-12-14-6-8-17-16(10-14)11-19(23)21-17/h2-6,8,10H,7,9,11-12H2,1H3,(H,20,22)(H,21,23). The summed E-state index contributed by atoms with van der Waals surface area (Å²) in [4.78, 5) is 23.4. The molecule has 2 amide bonds. The maximum Gasteiger partial charge on any atom is 0.228 e. The van der Waals surface area contributed by atoms with E-state index in [1.807, 2.05) is 30.3 Å². The SMILES string of the molecule is Cc1ccccc1CCC(=O)NCc1ccc2c(c1)CC(=O)N2. The van der Waals surface area contributed by atoms with Crippen LogP contribution in [0.4, 0.5) is 5.69 Å². The lowest BCUT2D eigenvalue weighted by molar-refractivity contribution is -0.121. The summed E-state index contributed by atoms with van der Waals surface area (Å²) >= 11 is 0. The van der Waals surface area contributed by atoms with Gasteiger partial charge in [0.2, 0.25) is 11.8 Å². The zero-order valence-corrected chi connectivity index (χ0v) is 13.2. The summed E-state index contributed by atoms with van der Waals surface area (Å²) < 4.78 is 0. The summed E-state index contributed by atoms with van der Waals surface area (Å²) in [7, 11) is 0. The van der Waals surface area contributed by atoms with Crippen molar-refractivity contribution in [1.29, 1.82) is 0 Å². The van der Waals surface area contributed by atoms with E-state index < -0.39 is 0 Å². The van der Waals surface area contributed by atoms with Crippen LogP contribution in [-0.4, -0.2) is 11.8 Å². The van der Waals surface area contributed by atoms with E-state index in [2.05, 4.69) is 29.7 Å². The average Bonchev–Trinajstić information content (AvgIpc) is 2.91. The van der Waals surface area contributed by atoms with Crippen LogP contribution in [0.1, 0.15) is 28.7 Å². The lowest BCUT2D eigenvalue weighted by atomic mass is 10.0. The van der Waals surface area contributed by atoms with Gasteiger partial charge in [0.15, 0.2) is 0 Å². The number of benzene rings is 2. The topological polar surface area (TPSA) is 58.2 Å². The van der Waals surface area contributed by atoms with E-state index in [4.69, 9.17) is 0 Å². The first kappa shape index (κ1) is 15.3. The molecule has 0 bridgehead atoms. The molecule has 0 saturated carbocycles. The normalized spacial score (nSPS) is 12.7. The van der Waals surface area contributed by atoms with Gasteiger partial charge in [-0.3, -0.25) is 9.59 Å². The molecule has 0 aliphatic carbocycles. The third kappa shape index (κ3) is 3.77. The predicted molar refractivity (Wildman–Crippen MR) is 90.1 cm³/mol. The lowest BCUT2D eigenvalue weighted by Crippen LogP contribution is -2.23. The van der Waals surface area contributed by atoms with E-state index in [0.29, 0.717) is 19.4 Å². The van der Waals surface area contributed by atoms with Crippen molar-refractivity contribution in [3.05, 3.63) is 64.7 Å². The number of anilines is 1. The Balaban J connectivity index is 1.51. The average molecular weight is 308 g/mol. The highest BCUT2D eigenvalue weighted by Crippen LogP contribution is 2.23. The molecule has 1 aliphatic rings. The Bertz CT molecular complexity index is 753. The molecule has 1 heterocycles. The van der Waals surface area contributed by atoms with Crippen LogP contribution in [-0.2, 0) is 29.0 Å². The molecule has 2 N–H and O–H groups in total. The fraction of sp³-hybridized carbons (Fsp3) is 0.263. The minimum Gasteiger partial charge on any atom is -0.352 e. The summed E-state index contributed by atoms with van der Waals surface area (Å²) in [6.45, 7) is 2.56. The Hall–Kier alpha value is -2.62. The molecular formula is C19H20N2O2. The van der Waals surface area contributed by atoms with Crippen LogP contribution in [0.5, 0.6) is 0 Å². The van der Waals surface area contributed by atoms with Crippen LogP contribution >= 0.6 is 0 Å². The number of fused-ring (bicyclic) bond motifs is 1. The van der Waals surface area contributed by atoms with E-state index >= 15 is 0 Å². The van der Waals surface area contributed by atoms with Gasteiger partial charge in [0.25, 0.3) is 0 Å². The Morgan fingerprint density at radius 3 is 2.87 bits per heavy atom. The summed E-state index contributed by atoms with van der Waals surface area (Å²) in [6.07, 6.45) is 1.65. The molecule has 0 unspecified atom stereocenters. The second-order valence-corrected chi connectivity index (χ2v) is 5.92. The number of carbonyl (C=O) groups is 2. The highest BCUT2D eigenvalue weighted by Gasteiger charge is 2.17. The largest absolute Gasteiger partial charge is 0.352 e. The van der Waals surface area contributed by atoms with Gasteiger partial charge in [-0.1, -0.05) is 36.4 Å². The highest BCUT2D eigenvalue weighted by atomic mass is 16.2. The number of hydrogen-bond acceptors (Lipinski definition) is 2. The molecule has 118 valence electrons. The van der Waals surface area contributed by atoms with Gasteiger partial charge in [-0.2, -0.15) is 0 Å². The van der Waals surface area contributed by atoms with Crippen molar-refractivity contribution in [3.63, 3.8) is 0 Å². The van der Waals surface area contributed by atoms with Gasteiger partial charge in [0.05, 0.1) is 6.42 Å². The van der Waals surface area contributed by atoms with Gasteiger partial charge < -0.3 is 10.6 Å². The number of hydrogen-bond donors (Lipinski definition) is 2. The molecule has 0 spiro atoms. The maximum absolute atomic E-state index is 12.0. The number of carbonyl (C=O) groups excluding carboxylic acids is 2. The fourth-order valence-corrected chi connectivity index (χ4v) is 2.82. The van der Waals surface area contributed by atoms with Crippen LogP contribution in [0.15, 0.2) is 42.5 Å². The molecule has 0 aromatic heterocycles. The molecule has 2 aromatic carbocycles. The Morgan fingerprint density at radius 2 is 2.04 bits per heavy atom. The van der Waals surface area contributed by atoms with Gasteiger partial charge in [0.1, 0.15) is 0 Å². The molecule has 0 radical (unpaired) electrons. The van der Waals surface area contributed by atoms with Crippen LogP contribution in [0, 0.1) is 6.92 Å². The number of aryl methyl sites for hydroxylation is 2. The fourth-order valence-electron chi connectivity index (χ4n) is 2.82. The Labute approximate surface area is 135 Å². The van der Waals surface area contributed by atoms with Crippen LogP contribution in [0.2, 0.25) is 0 Å². The van der Waals surface area contributed by atoms with Crippen molar-refractivity contribution in [1.82, 2.24) is 5.32 Å². The summed E-state index contributed by atoms with van der Waals surface area (Å²) in [6, 6.07) is 13.9. The molecule has 0 atom stereocenters. The quantitative estimate of drug-likeness (QED) is 0.892. The number of rotatable bonds is 5. The number of amides is 2. The summed E-state index contributed by atoms with van der Waals surface area (Å²) in [5, 5.41) is 5.75. The van der Waals surface area contributed by atoms with E-state index in [-0.39, 0.29) is 11.8 Å². The van der Waals surface area contributed by atoms with Crippen molar-refractivity contribution in [2.45, 2.75) is 32.7 Å². The molecule has 23 heavy (non-hydrogen) atoms. The third-order valence-corrected chi connectivity index (χ3v) is 4.17. The van der Waals surface area contributed by atoms with Crippen LogP contribution < -0.4 is 10.6 Å². The van der Waals surface area contributed by atoms with Gasteiger partial charge in [0, 0.05) is 18.7 Å². The second-order valence-electron chi connectivity index (χ2n) is 5.92. The summed E-state index contributed by atoms with van der Waals surface area (Å²) in [5.41, 5.74) is 5.33. The van der Waals surface area contributed by atoms with Gasteiger partial charge in [-0.15, -0.1) is 0 Å². The lowest BCUT2D eigenvalue weighted by Gasteiger charge is -2.08. The van der Waals surface area contributed by atoms with E-state index in [1.165, 1.54) is 11.1 Å².